The SMILES string of the molecule is CNC(=O)CN1CCCC(c2ccc(C(=O)O)cc2)C1. The maximum absolute atomic E-state index is 11.4. The summed E-state index contributed by atoms with van der Waals surface area (Å²) < 4.78 is 0. The van der Waals surface area contributed by atoms with E-state index < -0.39 is 5.97 Å². The molecule has 1 fully saturated rings. The number of carboxylic acid groups (broad SMARTS) is 1. The molecule has 1 aliphatic heterocycles. The van der Waals surface area contributed by atoms with Gasteiger partial charge in [-0.1, -0.05) is 12.1 Å². The van der Waals surface area contributed by atoms with Crippen molar-refractivity contribution in [2.45, 2.75) is 18.8 Å². The molecule has 1 amide bonds. The van der Waals surface area contributed by atoms with Crippen molar-refractivity contribution in [3.05, 3.63) is 35.4 Å². The maximum atomic E-state index is 11.4. The van der Waals surface area contributed by atoms with Crippen molar-refractivity contribution in [1.29, 1.82) is 0 Å². The monoisotopic (exact) mass is 276 g/mol. The van der Waals surface area contributed by atoms with Crippen LogP contribution in [-0.4, -0.2) is 48.6 Å². The highest BCUT2D eigenvalue weighted by Crippen LogP contribution is 2.26. The van der Waals surface area contributed by atoms with E-state index >= 15 is 0 Å². The average molecular weight is 276 g/mol. The lowest BCUT2D eigenvalue weighted by Gasteiger charge is -2.32. The number of nitrogens with one attached hydrogen (secondary N) is 1. The number of hydrogen-bond acceptors (Lipinski definition) is 3. The molecule has 2 N–H and O–H groups in total. The van der Waals surface area contributed by atoms with Crippen LogP contribution in [-0.2, 0) is 4.79 Å². The molecule has 0 spiro atoms. The lowest BCUT2D eigenvalue weighted by Crippen LogP contribution is -2.41. The number of benzene rings is 1. The van der Waals surface area contributed by atoms with E-state index in [0.29, 0.717) is 18.0 Å². The third-order valence-corrected chi connectivity index (χ3v) is 3.78. The Morgan fingerprint density at radius 3 is 2.65 bits per heavy atom. The molecule has 0 aliphatic carbocycles. The molecule has 0 radical (unpaired) electrons. The Morgan fingerprint density at radius 1 is 1.35 bits per heavy atom. The van der Waals surface area contributed by atoms with Gasteiger partial charge in [-0.3, -0.25) is 9.69 Å². The lowest BCUT2D eigenvalue weighted by molar-refractivity contribution is -0.122. The van der Waals surface area contributed by atoms with E-state index in [1.54, 1.807) is 19.2 Å². The van der Waals surface area contributed by atoms with Crippen molar-refractivity contribution in [1.82, 2.24) is 10.2 Å². The van der Waals surface area contributed by atoms with Gasteiger partial charge in [-0.15, -0.1) is 0 Å². The maximum Gasteiger partial charge on any atom is 0.335 e. The molecule has 1 atom stereocenters. The molecule has 1 aromatic rings. The first-order valence-corrected chi connectivity index (χ1v) is 6.86. The largest absolute Gasteiger partial charge is 0.478 e. The minimum atomic E-state index is -0.901. The van der Waals surface area contributed by atoms with Crippen LogP contribution in [0.4, 0.5) is 0 Å². The number of aromatic carboxylic acids is 1. The van der Waals surface area contributed by atoms with Gasteiger partial charge in [0.1, 0.15) is 0 Å². The summed E-state index contributed by atoms with van der Waals surface area (Å²) in [5.74, 6) is -0.496. The fourth-order valence-electron chi connectivity index (χ4n) is 2.65. The predicted molar refractivity (Wildman–Crippen MR) is 75.9 cm³/mol. The van der Waals surface area contributed by atoms with Crippen LogP contribution in [0.15, 0.2) is 24.3 Å². The van der Waals surface area contributed by atoms with Crippen molar-refractivity contribution in [3.8, 4) is 0 Å². The van der Waals surface area contributed by atoms with Gasteiger partial charge in [0.25, 0.3) is 0 Å². The number of hydrogen-bond donors (Lipinski definition) is 2. The van der Waals surface area contributed by atoms with Gasteiger partial charge in [0.05, 0.1) is 12.1 Å². The molecule has 1 aromatic carbocycles. The van der Waals surface area contributed by atoms with E-state index in [0.717, 1.165) is 31.5 Å². The van der Waals surface area contributed by atoms with Gasteiger partial charge in [-0.2, -0.15) is 0 Å². The van der Waals surface area contributed by atoms with Crippen LogP contribution in [0.5, 0.6) is 0 Å². The quantitative estimate of drug-likeness (QED) is 0.870. The molecule has 2 rings (SSSR count). The fraction of sp³-hybridized carbons (Fsp3) is 0.467. The Labute approximate surface area is 118 Å². The normalized spacial score (nSPS) is 19.6. The molecule has 0 bridgehead atoms. The van der Waals surface area contributed by atoms with Gasteiger partial charge >= 0.3 is 5.97 Å². The van der Waals surface area contributed by atoms with Crippen LogP contribution in [0.25, 0.3) is 0 Å². The number of amides is 1. The Kier molecular flexibility index (Phi) is 4.74. The zero-order valence-corrected chi connectivity index (χ0v) is 11.6. The summed E-state index contributed by atoms with van der Waals surface area (Å²) in [5, 5.41) is 11.5. The smallest absolute Gasteiger partial charge is 0.335 e. The molecular formula is C15H20N2O3. The molecule has 108 valence electrons. The van der Waals surface area contributed by atoms with Crippen LogP contribution < -0.4 is 5.32 Å². The summed E-state index contributed by atoms with van der Waals surface area (Å²) in [6.45, 7) is 2.22. The van der Waals surface area contributed by atoms with Gasteiger partial charge in [0.15, 0.2) is 0 Å². The van der Waals surface area contributed by atoms with Crippen molar-refractivity contribution >= 4 is 11.9 Å². The zero-order chi connectivity index (χ0) is 14.5. The number of carboxylic acids is 1. The van der Waals surface area contributed by atoms with Gasteiger partial charge in [-0.05, 0) is 43.0 Å². The van der Waals surface area contributed by atoms with Crippen LogP contribution in [0, 0.1) is 0 Å². The second-order valence-corrected chi connectivity index (χ2v) is 5.17. The van der Waals surface area contributed by atoms with Crippen molar-refractivity contribution < 1.29 is 14.7 Å². The molecule has 1 heterocycles. The molecule has 1 saturated heterocycles. The lowest BCUT2D eigenvalue weighted by atomic mass is 9.90. The predicted octanol–water partition coefficient (Wildman–Crippen LogP) is 1.31. The summed E-state index contributed by atoms with van der Waals surface area (Å²) in [7, 11) is 1.65. The molecule has 0 saturated carbocycles. The highest BCUT2D eigenvalue weighted by molar-refractivity contribution is 5.87. The Morgan fingerprint density at radius 2 is 2.05 bits per heavy atom. The summed E-state index contributed by atoms with van der Waals surface area (Å²) in [5.41, 5.74) is 1.46. The highest BCUT2D eigenvalue weighted by atomic mass is 16.4. The van der Waals surface area contributed by atoms with Gasteiger partial charge in [0, 0.05) is 13.6 Å². The van der Waals surface area contributed by atoms with E-state index in [1.807, 2.05) is 12.1 Å². The minimum Gasteiger partial charge on any atom is -0.478 e. The molecule has 1 aliphatic rings. The summed E-state index contributed by atoms with van der Waals surface area (Å²) in [6.07, 6.45) is 2.14. The molecule has 20 heavy (non-hydrogen) atoms. The fourth-order valence-corrected chi connectivity index (χ4v) is 2.65. The van der Waals surface area contributed by atoms with Crippen LogP contribution in [0.2, 0.25) is 0 Å². The van der Waals surface area contributed by atoms with Gasteiger partial charge in [-0.25, -0.2) is 4.79 Å². The number of likely N-dealkylation sites (N-methyl/N-ethyl adjacent to an activating group) is 1. The van der Waals surface area contributed by atoms with E-state index in [-0.39, 0.29) is 5.91 Å². The van der Waals surface area contributed by atoms with E-state index in [2.05, 4.69) is 10.2 Å². The van der Waals surface area contributed by atoms with Crippen molar-refractivity contribution in [3.63, 3.8) is 0 Å². The third kappa shape index (κ3) is 3.57. The van der Waals surface area contributed by atoms with Gasteiger partial charge < -0.3 is 10.4 Å². The second kappa shape index (κ2) is 6.52. The summed E-state index contributed by atoms with van der Waals surface area (Å²) in [6, 6.07) is 7.07. The highest BCUT2D eigenvalue weighted by Gasteiger charge is 2.22. The number of piperidine rings is 1. The molecule has 0 aromatic heterocycles. The summed E-state index contributed by atoms with van der Waals surface area (Å²) >= 11 is 0. The third-order valence-electron chi connectivity index (χ3n) is 3.78. The van der Waals surface area contributed by atoms with E-state index in [9.17, 15) is 9.59 Å². The van der Waals surface area contributed by atoms with Crippen molar-refractivity contribution in [2.75, 3.05) is 26.7 Å². The number of carbonyl (C=O) groups is 2. The van der Waals surface area contributed by atoms with Crippen LogP contribution in [0.3, 0.4) is 0 Å². The van der Waals surface area contributed by atoms with Crippen LogP contribution in [0.1, 0.15) is 34.7 Å². The molecular weight excluding hydrogens is 256 g/mol. The Balaban J connectivity index is 2.01. The first-order chi connectivity index (χ1) is 9.60. The number of carbonyl (C=O) groups excluding carboxylic acids is 1. The minimum absolute atomic E-state index is 0.0341. The second-order valence-electron chi connectivity index (χ2n) is 5.17. The van der Waals surface area contributed by atoms with E-state index in [4.69, 9.17) is 5.11 Å². The topological polar surface area (TPSA) is 69.6 Å². The Bertz CT molecular complexity index is 484. The van der Waals surface area contributed by atoms with Crippen molar-refractivity contribution in [2.24, 2.45) is 0 Å². The van der Waals surface area contributed by atoms with Crippen LogP contribution >= 0.6 is 0 Å². The first-order valence-electron chi connectivity index (χ1n) is 6.86. The number of likely N-dealkylation sites (tertiary alicyclic amines) is 1. The van der Waals surface area contributed by atoms with E-state index in [1.165, 1.54) is 0 Å². The average Bonchev–Trinajstić information content (AvgIpc) is 2.47. The summed E-state index contributed by atoms with van der Waals surface area (Å²) in [4.78, 5) is 24.4. The number of nitrogens with zero attached hydrogens (tertiary/aromatic N) is 1. The number of rotatable bonds is 4. The van der Waals surface area contributed by atoms with Gasteiger partial charge in [0.2, 0.25) is 5.91 Å². The first kappa shape index (κ1) is 14.5. The zero-order valence-electron chi connectivity index (χ0n) is 11.6. The standard InChI is InChI=1S/C15H20N2O3/c1-16-14(18)10-17-8-2-3-13(9-17)11-4-6-12(7-5-11)15(19)20/h4-7,13H,2-3,8-10H2,1H3,(H,16,18)(H,19,20). The molecule has 5 nitrogen and oxygen atoms in total. The Hall–Kier alpha value is -1.88. The molecule has 1 unspecified atom stereocenters. The molecule has 5 heteroatoms.